The Balaban J connectivity index is 1.77. The minimum absolute atomic E-state index is 0.225. The van der Waals surface area contributed by atoms with Crippen molar-refractivity contribution < 1.29 is 19.1 Å². The Morgan fingerprint density at radius 1 is 0.773 bits per heavy atom. The highest BCUT2D eigenvalue weighted by molar-refractivity contribution is 6.00. The lowest BCUT2D eigenvalue weighted by molar-refractivity contribution is -0.147. The number of carbonyl (C=O) groups is 3. The highest BCUT2D eigenvalue weighted by atomic mass is 16.6. The molecule has 0 heterocycles. The Kier molecular flexibility index (Phi) is 10.1. The van der Waals surface area contributed by atoms with Crippen molar-refractivity contribution in [3.63, 3.8) is 0 Å². The molecule has 7 heteroatoms. The Morgan fingerprint density at radius 2 is 1.36 bits per heavy atom. The molecule has 2 atom stereocenters. The third-order valence-corrected chi connectivity index (χ3v) is 7.67. The molecule has 0 radical (unpaired) electrons. The Bertz CT molecular complexity index is 1580. The van der Waals surface area contributed by atoms with Gasteiger partial charge in [0.15, 0.2) is 0 Å². The highest BCUT2D eigenvalue weighted by Crippen LogP contribution is 2.33. The quantitative estimate of drug-likeness (QED) is 0.198. The summed E-state index contributed by atoms with van der Waals surface area (Å²) in [6.07, 6.45) is 0.0941. The number of benzene rings is 4. The fourth-order valence-electron chi connectivity index (χ4n) is 5.14. The van der Waals surface area contributed by atoms with Crippen molar-refractivity contribution in [3.8, 4) is 0 Å². The van der Waals surface area contributed by atoms with Crippen LogP contribution in [0.25, 0.3) is 10.8 Å². The molecule has 230 valence electrons. The van der Waals surface area contributed by atoms with Crippen molar-refractivity contribution in [2.75, 3.05) is 5.32 Å². The molecule has 4 aromatic rings. The molecule has 7 nitrogen and oxygen atoms in total. The monoisotopic (exact) mass is 593 g/mol. The number of fused-ring (bicyclic) bond motifs is 1. The average Bonchev–Trinajstić information content (AvgIpc) is 2.99. The lowest BCUT2D eigenvalue weighted by Gasteiger charge is -2.44. The number of hydrogen-bond donors (Lipinski definition) is 2. The maximum absolute atomic E-state index is 14.8. The summed E-state index contributed by atoms with van der Waals surface area (Å²) in [5.41, 5.74) is 0.649. The van der Waals surface area contributed by atoms with E-state index in [0.29, 0.717) is 17.7 Å². The molecule has 2 N–H and O–H groups in total. The van der Waals surface area contributed by atoms with E-state index in [0.717, 1.165) is 16.3 Å². The van der Waals surface area contributed by atoms with E-state index in [-0.39, 0.29) is 18.2 Å². The van der Waals surface area contributed by atoms with Crippen LogP contribution in [0.1, 0.15) is 65.1 Å². The summed E-state index contributed by atoms with van der Waals surface area (Å²) in [6.45, 7) is 11.2. The fourth-order valence-corrected chi connectivity index (χ4v) is 5.14. The molecule has 0 aliphatic rings. The normalized spacial score (nSPS) is 13.0. The van der Waals surface area contributed by atoms with E-state index in [2.05, 4.69) is 10.6 Å². The van der Waals surface area contributed by atoms with Crippen LogP contribution in [0.4, 0.5) is 10.5 Å². The van der Waals surface area contributed by atoms with Gasteiger partial charge < -0.3 is 20.3 Å². The summed E-state index contributed by atoms with van der Waals surface area (Å²) in [7, 11) is 0. The Labute approximate surface area is 260 Å². The van der Waals surface area contributed by atoms with Crippen molar-refractivity contribution in [2.24, 2.45) is 0 Å². The van der Waals surface area contributed by atoms with Gasteiger partial charge in [-0.2, -0.15) is 0 Å². The number of anilines is 1. The van der Waals surface area contributed by atoms with Crippen LogP contribution in [0.15, 0.2) is 103 Å². The van der Waals surface area contributed by atoms with Crippen LogP contribution < -0.4 is 10.6 Å². The van der Waals surface area contributed by atoms with Crippen molar-refractivity contribution in [1.82, 2.24) is 10.2 Å². The number of nitrogens with one attached hydrogen (secondary N) is 2. The standard InChI is InChI=1S/C37H43N3O4/c1-7-37(5,6)40(34(42)31(24-26-16-10-8-11-17-26)39-35(43)44-36(2,3)4)32(28-19-12-9-13-20-28)33(41)38-30-23-22-27-18-14-15-21-29(27)25-30/h8-23,25,31-32H,7,24H2,1-6H3,(H,38,41)(H,39,43). The van der Waals surface area contributed by atoms with Crippen LogP contribution in [0.5, 0.6) is 0 Å². The zero-order chi connectivity index (χ0) is 31.9. The average molecular weight is 594 g/mol. The minimum Gasteiger partial charge on any atom is -0.444 e. The van der Waals surface area contributed by atoms with E-state index < -0.39 is 29.3 Å². The highest BCUT2D eigenvalue weighted by Gasteiger charge is 2.43. The molecule has 0 fully saturated rings. The number of hydrogen-bond acceptors (Lipinski definition) is 4. The first-order chi connectivity index (χ1) is 20.9. The second-order valence-electron chi connectivity index (χ2n) is 12.6. The zero-order valence-electron chi connectivity index (χ0n) is 26.5. The Morgan fingerprint density at radius 3 is 1.98 bits per heavy atom. The minimum atomic E-state index is -0.988. The van der Waals surface area contributed by atoms with Crippen molar-refractivity contribution in [3.05, 3.63) is 114 Å². The van der Waals surface area contributed by atoms with Gasteiger partial charge in [-0.25, -0.2) is 4.79 Å². The molecule has 0 spiro atoms. The van der Waals surface area contributed by atoms with E-state index >= 15 is 0 Å². The molecular weight excluding hydrogens is 550 g/mol. The fraction of sp³-hybridized carbons (Fsp3) is 0.324. The molecule has 0 aromatic heterocycles. The first kappa shape index (κ1) is 32.3. The first-order valence-corrected chi connectivity index (χ1v) is 15.1. The molecule has 0 aliphatic heterocycles. The van der Waals surface area contributed by atoms with Gasteiger partial charge in [0.25, 0.3) is 5.91 Å². The molecule has 0 bridgehead atoms. The van der Waals surface area contributed by atoms with Crippen LogP contribution in [0.2, 0.25) is 0 Å². The van der Waals surface area contributed by atoms with E-state index in [9.17, 15) is 14.4 Å². The number of rotatable bonds is 10. The summed E-state index contributed by atoms with van der Waals surface area (Å²) in [6, 6.07) is 30.5. The van der Waals surface area contributed by atoms with Gasteiger partial charge in [0, 0.05) is 17.6 Å². The number of ether oxygens (including phenoxy) is 1. The molecule has 4 rings (SSSR count). The van der Waals surface area contributed by atoms with Gasteiger partial charge in [0.2, 0.25) is 5.91 Å². The maximum atomic E-state index is 14.8. The topological polar surface area (TPSA) is 87.7 Å². The number of nitrogens with zero attached hydrogens (tertiary/aromatic N) is 1. The van der Waals surface area contributed by atoms with E-state index in [1.807, 2.05) is 124 Å². The smallest absolute Gasteiger partial charge is 0.408 e. The molecular formula is C37H43N3O4. The summed E-state index contributed by atoms with van der Waals surface area (Å²) in [4.78, 5) is 43.8. The van der Waals surface area contributed by atoms with Crippen LogP contribution in [0.3, 0.4) is 0 Å². The van der Waals surface area contributed by atoms with Crippen LogP contribution >= 0.6 is 0 Å². The van der Waals surface area contributed by atoms with Crippen molar-refractivity contribution in [2.45, 2.75) is 77.6 Å². The number of carbonyl (C=O) groups excluding carboxylic acids is 3. The van der Waals surface area contributed by atoms with Gasteiger partial charge in [-0.05, 0) is 75.1 Å². The number of amides is 3. The SMILES string of the molecule is CCC(C)(C)N(C(=O)C(Cc1ccccc1)NC(=O)OC(C)(C)C)C(C(=O)Nc1ccc2ccccc2c1)c1ccccc1. The number of alkyl carbamates (subject to hydrolysis) is 1. The molecule has 0 saturated heterocycles. The van der Waals surface area contributed by atoms with Crippen LogP contribution in [0, 0.1) is 0 Å². The van der Waals surface area contributed by atoms with Gasteiger partial charge in [0.1, 0.15) is 17.7 Å². The van der Waals surface area contributed by atoms with Gasteiger partial charge in [-0.15, -0.1) is 0 Å². The molecule has 4 aromatic carbocycles. The summed E-state index contributed by atoms with van der Waals surface area (Å²) in [5.74, 6) is -0.730. The molecule has 3 amide bonds. The second kappa shape index (κ2) is 13.8. The molecule has 0 saturated carbocycles. The van der Waals surface area contributed by atoms with E-state index in [4.69, 9.17) is 4.74 Å². The van der Waals surface area contributed by atoms with Crippen LogP contribution in [-0.2, 0) is 20.7 Å². The predicted octanol–water partition coefficient (Wildman–Crippen LogP) is 7.67. The second-order valence-corrected chi connectivity index (χ2v) is 12.6. The van der Waals surface area contributed by atoms with Crippen LogP contribution in [-0.4, -0.2) is 40.0 Å². The van der Waals surface area contributed by atoms with E-state index in [1.165, 1.54) is 0 Å². The van der Waals surface area contributed by atoms with Crippen molar-refractivity contribution in [1.29, 1.82) is 0 Å². The molecule has 2 unspecified atom stereocenters. The van der Waals surface area contributed by atoms with Gasteiger partial charge >= 0.3 is 6.09 Å². The third kappa shape index (κ3) is 8.25. The van der Waals surface area contributed by atoms with Gasteiger partial charge in [-0.1, -0.05) is 97.9 Å². The first-order valence-electron chi connectivity index (χ1n) is 15.1. The molecule has 44 heavy (non-hydrogen) atoms. The summed E-state index contributed by atoms with van der Waals surface area (Å²) < 4.78 is 5.55. The summed E-state index contributed by atoms with van der Waals surface area (Å²) >= 11 is 0. The van der Waals surface area contributed by atoms with Gasteiger partial charge in [-0.3, -0.25) is 9.59 Å². The van der Waals surface area contributed by atoms with Crippen molar-refractivity contribution >= 4 is 34.4 Å². The summed E-state index contributed by atoms with van der Waals surface area (Å²) in [5, 5.41) is 7.96. The predicted molar refractivity (Wildman–Crippen MR) is 176 cm³/mol. The molecule has 0 aliphatic carbocycles. The van der Waals surface area contributed by atoms with E-state index in [1.54, 1.807) is 25.7 Å². The third-order valence-electron chi connectivity index (χ3n) is 7.67. The maximum Gasteiger partial charge on any atom is 0.408 e. The lowest BCUT2D eigenvalue weighted by atomic mass is 9.91. The Hall–Kier alpha value is -4.65. The van der Waals surface area contributed by atoms with Gasteiger partial charge in [0.05, 0.1) is 0 Å². The largest absolute Gasteiger partial charge is 0.444 e. The lowest BCUT2D eigenvalue weighted by Crippen LogP contribution is -2.59. The zero-order valence-corrected chi connectivity index (χ0v) is 26.5.